The fourth-order valence-electron chi connectivity index (χ4n) is 2.27. The molecule has 1 saturated carbocycles. The van der Waals surface area contributed by atoms with Crippen molar-refractivity contribution in [3.63, 3.8) is 0 Å². The zero-order valence-electron chi connectivity index (χ0n) is 11.0. The molecule has 1 aromatic heterocycles. The molecule has 0 bridgehead atoms. The number of rotatable bonds is 6. The van der Waals surface area contributed by atoms with Crippen molar-refractivity contribution >= 4 is 22.6 Å². The molecule has 1 aromatic rings. The minimum atomic E-state index is -0.670. The zero-order chi connectivity index (χ0) is 13.7. The van der Waals surface area contributed by atoms with Crippen molar-refractivity contribution in [3.8, 4) is 0 Å². The standard InChI is InChI=1S/C12H19N3O3S/c1-18-7-6-10-14-12(19-15-10)13-9-4-2-8(3-5-9)11(16)17/h8-9H,2-7H2,1H3,(H,16,17)(H,13,14,15). The fourth-order valence-corrected chi connectivity index (χ4v) is 2.96. The second-order valence-electron chi connectivity index (χ2n) is 4.79. The van der Waals surface area contributed by atoms with Crippen LogP contribution in [0.3, 0.4) is 0 Å². The Balaban J connectivity index is 1.79. The summed E-state index contributed by atoms with van der Waals surface area (Å²) in [5.41, 5.74) is 0. The maximum atomic E-state index is 10.9. The van der Waals surface area contributed by atoms with E-state index in [1.807, 2.05) is 0 Å². The largest absolute Gasteiger partial charge is 0.481 e. The van der Waals surface area contributed by atoms with Gasteiger partial charge in [-0.2, -0.15) is 4.37 Å². The fraction of sp³-hybridized carbons (Fsp3) is 0.750. The molecule has 1 fully saturated rings. The summed E-state index contributed by atoms with van der Waals surface area (Å²) in [7, 11) is 1.66. The Hall–Kier alpha value is -1.21. The number of carboxylic acids is 1. The number of carboxylic acid groups (broad SMARTS) is 1. The first kappa shape index (κ1) is 14.2. The minimum Gasteiger partial charge on any atom is -0.481 e. The molecule has 0 radical (unpaired) electrons. The van der Waals surface area contributed by atoms with Crippen LogP contribution in [0.2, 0.25) is 0 Å². The normalized spacial score (nSPS) is 23.2. The molecule has 1 aliphatic carbocycles. The Kier molecular flexibility index (Phi) is 5.09. The van der Waals surface area contributed by atoms with Crippen LogP contribution < -0.4 is 5.32 Å². The molecule has 19 heavy (non-hydrogen) atoms. The molecule has 0 amide bonds. The second-order valence-corrected chi connectivity index (χ2v) is 5.54. The van der Waals surface area contributed by atoms with Gasteiger partial charge in [-0.15, -0.1) is 0 Å². The Bertz CT molecular complexity index is 416. The van der Waals surface area contributed by atoms with Gasteiger partial charge in [-0.1, -0.05) is 0 Å². The predicted octanol–water partition coefficient (Wildman–Crippen LogP) is 1.78. The Labute approximate surface area is 116 Å². The Morgan fingerprint density at radius 3 is 2.84 bits per heavy atom. The van der Waals surface area contributed by atoms with Gasteiger partial charge in [0.15, 0.2) is 0 Å². The third kappa shape index (κ3) is 4.14. The quantitative estimate of drug-likeness (QED) is 0.829. The van der Waals surface area contributed by atoms with Gasteiger partial charge in [0.25, 0.3) is 0 Å². The summed E-state index contributed by atoms with van der Waals surface area (Å²) in [4.78, 5) is 15.3. The van der Waals surface area contributed by atoms with E-state index in [2.05, 4.69) is 14.7 Å². The molecule has 6 nitrogen and oxygen atoms in total. The molecule has 0 spiro atoms. The first-order chi connectivity index (χ1) is 9.19. The van der Waals surface area contributed by atoms with Crippen molar-refractivity contribution < 1.29 is 14.6 Å². The number of ether oxygens (including phenoxy) is 1. The second kappa shape index (κ2) is 6.81. The van der Waals surface area contributed by atoms with Gasteiger partial charge in [0.2, 0.25) is 5.13 Å². The van der Waals surface area contributed by atoms with Crippen LogP contribution in [0.1, 0.15) is 31.5 Å². The van der Waals surface area contributed by atoms with E-state index in [4.69, 9.17) is 9.84 Å². The van der Waals surface area contributed by atoms with E-state index in [-0.39, 0.29) is 5.92 Å². The van der Waals surface area contributed by atoms with E-state index in [9.17, 15) is 4.79 Å². The topological polar surface area (TPSA) is 84.3 Å². The van der Waals surface area contributed by atoms with Gasteiger partial charge in [0.05, 0.1) is 12.5 Å². The van der Waals surface area contributed by atoms with E-state index in [1.165, 1.54) is 11.5 Å². The maximum absolute atomic E-state index is 10.9. The van der Waals surface area contributed by atoms with Crippen molar-refractivity contribution in [1.29, 1.82) is 0 Å². The number of anilines is 1. The summed E-state index contributed by atoms with van der Waals surface area (Å²) in [6.07, 6.45) is 3.96. The number of hydrogen-bond donors (Lipinski definition) is 2. The van der Waals surface area contributed by atoms with Crippen LogP contribution in [0.15, 0.2) is 0 Å². The lowest BCUT2D eigenvalue weighted by Crippen LogP contribution is -2.29. The third-order valence-corrected chi connectivity index (χ3v) is 4.09. The molecule has 1 heterocycles. The summed E-state index contributed by atoms with van der Waals surface area (Å²) in [6, 6.07) is 0.318. The summed E-state index contributed by atoms with van der Waals surface area (Å²) >= 11 is 1.36. The van der Waals surface area contributed by atoms with Crippen LogP contribution in [0, 0.1) is 5.92 Å². The van der Waals surface area contributed by atoms with Crippen molar-refractivity contribution in [1.82, 2.24) is 9.36 Å². The highest BCUT2D eigenvalue weighted by Gasteiger charge is 2.26. The number of methoxy groups -OCH3 is 1. The van der Waals surface area contributed by atoms with E-state index in [0.29, 0.717) is 12.6 Å². The monoisotopic (exact) mass is 285 g/mol. The molecular weight excluding hydrogens is 266 g/mol. The van der Waals surface area contributed by atoms with Crippen molar-refractivity contribution in [3.05, 3.63) is 5.82 Å². The van der Waals surface area contributed by atoms with Crippen molar-refractivity contribution in [2.75, 3.05) is 19.0 Å². The van der Waals surface area contributed by atoms with Crippen LogP contribution in [0.25, 0.3) is 0 Å². The van der Waals surface area contributed by atoms with Gasteiger partial charge in [0.1, 0.15) is 5.82 Å². The molecule has 0 unspecified atom stereocenters. The molecule has 0 aliphatic heterocycles. The number of nitrogens with one attached hydrogen (secondary N) is 1. The van der Waals surface area contributed by atoms with E-state index < -0.39 is 5.97 Å². The molecule has 0 aromatic carbocycles. The van der Waals surface area contributed by atoms with Crippen LogP contribution in [0.4, 0.5) is 5.13 Å². The summed E-state index contributed by atoms with van der Waals surface area (Å²) in [5, 5.41) is 13.1. The van der Waals surface area contributed by atoms with Crippen LogP contribution in [-0.4, -0.2) is 40.2 Å². The van der Waals surface area contributed by atoms with Crippen LogP contribution in [-0.2, 0) is 16.0 Å². The number of aromatic nitrogens is 2. The van der Waals surface area contributed by atoms with Gasteiger partial charge < -0.3 is 15.2 Å². The van der Waals surface area contributed by atoms with Gasteiger partial charge in [-0.05, 0) is 25.7 Å². The number of hydrogen-bond acceptors (Lipinski definition) is 6. The van der Waals surface area contributed by atoms with E-state index in [1.54, 1.807) is 7.11 Å². The van der Waals surface area contributed by atoms with Crippen molar-refractivity contribution in [2.24, 2.45) is 5.92 Å². The summed E-state index contributed by atoms with van der Waals surface area (Å²) < 4.78 is 9.24. The SMILES string of the molecule is COCCc1nsc(NC2CCC(C(=O)O)CC2)n1. The highest BCUT2D eigenvalue weighted by Crippen LogP contribution is 2.27. The lowest BCUT2D eigenvalue weighted by Gasteiger charge is -2.26. The Morgan fingerprint density at radius 1 is 1.47 bits per heavy atom. The summed E-state index contributed by atoms with van der Waals surface area (Å²) in [5.74, 6) is -0.0467. The minimum absolute atomic E-state index is 0.176. The van der Waals surface area contributed by atoms with Crippen LogP contribution >= 0.6 is 11.5 Å². The van der Waals surface area contributed by atoms with E-state index >= 15 is 0 Å². The molecule has 2 N–H and O–H groups in total. The third-order valence-electron chi connectivity index (χ3n) is 3.40. The Morgan fingerprint density at radius 2 is 2.21 bits per heavy atom. The lowest BCUT2D eigenvalue weighted by molar-refractivity contribution is -0.142. The molecular formula is C12H19N3O3S. The number of nitrogens with zero attached hydrogens (tertiary/aromatic N) is 2. The smallest absolute Gasteiger partial charge is 0.306 e. The average Bonchev–Trinajstić information content (AvgIpc) is 2.84. The molecule has 106 valence electrons. The maximum Gasteiger partial charge on any atom is 0.306 e. The van der Waals surface area contributed by atoms with Crippen molar-refractivity contribution in [2.45, 2.75) is 38.1 Å². The van der Waals surface area contributed by atoms with E-state index in [0.717, 1.165) is 43.1 Å². The molecule has 7 heteroatoms. The van der Waals surface area contributed by atoms with Crippen LogP contribution in [0.5, 0.6) is 0 Å². The zero-order valence-corrected chi connectivity index (χ0v) is 11.8. The lowest BCUT2D eigenvalue weighted by atomic mass is 9.86. The molecule has 0 atom stereocenters. The highest BCUT2D eigenvalue weighted by atomic mass is 32.1. The predicted molar refractivity (Wildman–Crippen MR) is 72.5 cm³/mol. The first-order valence-corrected chi connectivity index (χ1v) is 7.27. The van der Waals surface area contributed by atoms with Gasteiger partial charge in [-0.25, -0.2) is 4.98 Å². The number of aliphatic carboxylic acids is 1. The molecule has 2 rings (SSSR count). The van der Waals surface area contributed by atoms with Gasteiger partial charge in [-0.3, -0.25) is 4.79 Å². The van der Waals surface area contributed by atoms with Gasteiger partial charge in [0, 0.05) is 31.1 Å². The first-order valence-electron chi connectivity index (χ1n) is 6.50. The summed E-state index contributed by atoms with van der Waals surface area (Å²) in [6.45, 7) is 0.625. The molecule has 1 aliphatic rings. The number of carbonyl (C=O) groups is 1. The van der Waals surface area contributed by atoms with Gasteiger partial charge >= 0.3 is 5.97 Å². The average molecular weight is 285 g/mol. The molecule has 0 saturated heterocycles. The highest BCUT2D eigenvalue weighted by molar-refractivity contribution is 7.09.